The second-order valence-electron chi connectivity index (χ2n) is 5.50. The van der Waals surface area contributed by atoms with E-state index in [4.69, 9.17) is 0 Å². The molecule has 0 unspecified atom stereocenters. The first kappa shape index (κ1) is 19.4. The third-order valence-electron chi connectivity index (χ3n) is 3.81. The standard InChI is InChI=1S/C15H23FN2O2S.ClH/c16-13-6-5-9-15(12-13)21(19,20)18-11-10-17-14-7-3-1-2-4-8-14;/h5-6,9,12,14,17-18H,1-4,7-8,10-11H2;1H. The minimum Gasteiger partial charge on any atom is -0.313 e. The fourth-order valence-corrected chi connectivity index (χ4v) is 3.73. The van der Waals surface area contributed by atoms with Crippen molar-refractivity contribution in [2.45, 2.75) is 49.5 Å². The van der Waals surface area contributed by atoms with Gasteiger partial charge in [0.25, 0.3) is 0 Å². The van der Waals surface area contributed by atoms with Gasteiger partial charge in [0.05, 0.1) is 4.90 Å². The van der Waals surface area contributed by atoms with Gasteiger partial charge in [-0.1, -0.05) is 31.7 Å². The Bertz CT molecular complexity index is 546. The van der Waals surface area contributed by atoms with Crippen LogP contribution >= 0.6 is 12.4 Å². The second kappa shape index (κ2) is 9.45. The van der Waals surface area contributed by atoms with Crippen molar-refractivity contribution in [1.82, 2.24) is 10.0 Å². The molecule has 1 fully saturated rings. The maximum atomic E-state index is 13.1. The summed E-state index contributed by atoms with van der Waals surface area (Å²) in [5.74, 6) is -0.547. The van der Waals surface area contributed by atoms with E-state index in [1.807, 2.05) is 0 Å². The minimum absolute atomic E-state index is 0. The maximum absolute atomic E-state index is 13.1. The van der Waals surface area contributed by atoms with Gasteiger partial charge in [-0.25, -0.2) is 17.5 Å². The molecule has 0 atom stereocenters. The predicted molar refractivity (Wildman–Crippen MR) is 88.3 cm³/mol. The van der Waals surface area contributed by atoms with Crippen LogP contribution < -0.4 is 10.0 Å². The largest absolute Gasteiger partial charge is 0.313 e. The summed E-state index contributed by atoms with van der Waals surface area (Å²) in [6.45, 7) is 0.911. The highest BCUT2D eigenvalue weighted by molar-refractivity contribution is 7.89. The van der Waals surface area contributed by atoms with Crippen molar-refractivity contribution in [3.05, 3.63) is 30.1 Å². The Labute approximate surface area is 138 Å². The van der Waals surface area contributed by atoms with Crippen molar-refractivity contribution in [3.8, 4) is 0 Å². The van der Waals surface area contributed by atoms with Gasteiger partial charge in [0.15, 0.2) is 0 Å². The molecule has 1 saturated carbocycles. The summed E-state index contributed by atoms with van der Waals surface area (Å²) in [5.41, 5.74) is 0. The fraction of sp³-hybridized carbons (Fsp3) is 0.600. The first-order valence-electron chi connectivity index (χ1n) is 7.56. The Morgan fingerprint density at radius 3 is 2.41 bits per heavy atom. The number of hydrogen-bond donors (Lipinski definition) is 2. The Morgan fingerprint density at radius 2 is 1.77 bits per heavy atom. The Morgan fingerprint density at radius 1 is 1.09 bits per heavy atom. The van der Waals surface area contributed by atoms with Crippen LogP contribution in [0.2, 0.25) is 0 Å². The molecule has 0 heterocycles. The van der Waals surface area contributed by atoms with Crippen LogP contribution in [0.15, 0.2) is 29.2 Å². The van der Waals surface area contributed by atoms with Gasteiger partial charge in [-0.15, -0.1) is 12.4 Å². The highest BCUT2D eigenvalue weighted by Gasteiger charge is 2.15. The van der Waals surface area contributed by atoms with E-state index in [0.29, 0.717) is 19.1 Å². The minimum atomic E-state index is -3.62. The van der Waals surface area contributed by atoms with Crippen LogP contribution in [0.25, 0.3) is 0 Å². The summed E-state index contributed by atoms with van der Waals surface area (Å²) in [7, 11) is -3.62. The Hall–Kier alpha value is -0.690. The summed E-state index contributed by atoms with van der Waals surface area (Å²) in [6, 6.07) is 5.54. The van der Waals surface area contributed by atoms with Crippen molar-refractivity contribution < 1.29 is 12.8 Å². The van der Waals surface area contributed by atoms with Crippen LogP contribution in [0.3, 0.4) is 0 Å². The summed E-state index contributed by atoms with van der Waals surface area (Å²) in [5, 5.41) is 3.40. The number of rotatable bonds is 6. The first-order valence-corrected chi connectivity index (χ1v) is 9.05. The molecule has 2 rings (SSSR count). The molecule has 0 aliphatic heterocycles. The molecule has 0 amide bonds. The van der Waals surface area contributed by atoms with E-state index in [9.17, 15) is 12.8 Å². The lowest BCUT2D eigenvalue weighted by molar-refractivity contribution is 0.461. The van der Waals surface area contributed by atoms with Crippen molar-refractivity contribution in [2.24, 2.45) is 0 Å². The molecule has 0 bridgehead atoms. The second-order valence-corrected chi connectivity index (χ2v) is 7.26. The zero-order valence-corrected chi connectivity index (χ0v) is 14.2. The number of nitrogens with one attached hydrogen (secondary N) is 2. The monoisotopic (exact) mass is 350 g/mol. The van der Waals surface area contributed by atoms with E-state index >= 15 is 0 Å². The zero-order chi connectivity index (χ0) is 15.1. The van der Waals surface area contributed by atoms with Crippen LogP contribution in [-0.2, 0) is 10.0 Å². The van der Waals surface area contributed by atoms with Gasteiger partial charge in [0.1, 0.15) is 5.82 Å². The molecule has 0 saturated heterocycles. The van der Waals surface area contributed by atoms with Gasteiger partial charge in [0, 0.05) is 19.1 Å². The molecule has 0 radical (unpaired) electrons. The summed E-state index contributed by atoms with van der Waals surface area (Å²) < 4.78 is 39.5. The number of benzene rings is 1. The molecule has 0 aromatic heterocycles. The lowest BCUT2D eigenvalue weighted by Crippen LogP contribution is -2.36. The normalized spacial score (nSPS) is 16.8. The summed E-state index contributed by atoms with van der Waals surface area (Å²) in [6.07, 6.45) is 7.40. The van der Waals surface area contributed by atoms with Gasteiger partial charge in [0.2, 0.25) is 10.0 Å². The maximum Gasteiger partial charge on any atom is 0.240 e. The van der Waals surface area contributed by atoms with Crippen molar-refractivity contribution in [1.29, 1.82) is 0 Å². The van der Waals surface area contributed by atoms with Crippen LogP contribution in [0.5, 0.6) is 0 Å². The average molecular weight is 351 g/mol. The van der Waals surface area contributed by atoms with Gasteiger partial charge >= 0.3 is 0 Å². The van der Waals surface area contributed by atoms with E-state index in [0.717, 1.165) is 18.9 Å². The summed E-state index contributed by atoms with van der Waals surface area (Å²) in [4.78, 5) is -0.0306. The van der Waals surface area contributed by atoms with Crippen LogP contribution in [0, 0.1) is 5.82 Å². The molecule has 0 spiro atoms. The highest BCUT2D eigenvalue weighted by atomic mass is 35.5. The van der Waals surface area contributed by atoms with E-state index in [1.54, 1.807) is 0 Å². The fourth-order valence-electron chi connectivity index (χ4n) is 2.66. The molecule has 7 heteroatoms. The van der Waals surface area contributed by atoms with Gasteiger partial charge in [-0.05, 0) is 31.0 Å². The van der Waals surface area contributed by atoms with Crippen molar-refractivity contribution in [2.75, 3.05) is 13.1 Å². The molecule has 1 aromatic carbocycles. The third kappa shape index (κ3) is 6.20. The molecule has 126 valence electrons. The van der Waals surface area contributed by atoms with Gasteiger partial charge in [-0.2, -0.15) is 0 Å². The predicted octanol–water partition coefficient (Wildman–Crippen LogP) is 2.84. The van der Waals surface area contributed by atoms with Gasteiger partial charge in [-0.3, -0.25) is 0 Å². The lowest BCUT2D eigenvalue weighted by Gasteiger charge is -2.16. The number of sulfonamides is 1. The molecule has 1 aliphatic rings. The van der Waals surface area contributed by atoms with Gasteiger partial charge < -0.3 is 5.32 Å². The highest BCUT2D eigenvalue weighted by Crippen LogP contribution is 2.16. The van der Waals surface area contributed by atoms with Crippen LogP contribution in [0.1, 0.15) is 38.5 Å². The molecule has 1 aliphatic carbocycles. The Balaban J connectivity index is 0.00000242. The topological polar surface area (TPSA) is 58.2 Å². The number of hydrogen-bond acceptors (Lipinski definition) is 3. The van der Waals surface area contributed by atoms with Crippen LogP contribution in [-0.4, -0.2) is 27.5 Å². The first-order chi connectivity index (χ1) is 10.1. The smallest absolute Gasteiger partial charge is 0.240 e. The third-order valence-corrected chi connectivity index (χ3v) is 5.27. The van der Waals surface area contributed by atoms with E-state index < -0.39 is 15.8 Å². The quantitative estimate of drug-likeness (QED) is 0.612. The van der Waals surface area contributed by atoms with E-state index in [-0.39, 0.29) is 17.3 Å². The molecule has 22 heavy (non-hydrogen) atoms. The van der Waals surface area contributed by atoms with Crippen molar-refractivity contribution in [3.63, 3.8) is 0 Å². The molecule has 2 N–H and O–H groups in total. The molecular formula is C15H24ClFN2O2S. The zero-order valence-electron chi connectivity index (χ0n) is 12.6. The SMILES string of the molecule is Cl.O=S(=O)(NCCNC1CCCCCC1)c1cccc(F)c1. The molecular weight excluding hydrogens is 327 g/mol. The molecule has 1 aromatic rings. The van der Waals surface area contributed by atoms with E-state index in [1.165, 1.54) is 43.9 Å². The Kier molecular flexibility index (Phi) is 8.31. The van der Waals surface area contributed by atoms with Crippen LogP contribution in [0.4, 0.5) is 4.39 Å². The van der Waals surface area contributed by atoms with E-state index in [2.05, 4.69) is 10.0 Å². The lowest BCUT2D eigenvalue weighted by atomic mass is 10.1. The average Bonchev–Trinajstić information content (AvgIpc) is 2.72. The van der Waals surface area contributed by atoms with Crippen molar-refractivity contribution >= 4 is 22.4 Å². The summed E-state index contributed by atoms with van der Waals surface area (Å²) >= 11 is 0. The number of halogens is 2. The molecule has 4 nitrogen and oxygen atoms in total.